The van der Waals surface area contributed by atoms with E-state index in [1.807, 2.05) is 4.57 Å². The maximum absolute atomic E-state index is 12.4. The molecule has 9 heteroatoms. The summed E-state index contributed by atoms with van der Waals surface area (Å²) in [7, 11) is 0. The van der Waals surface area contributed by atoms with E-state index in [1.54, 1.807) is 35.6 Å². The summed E-state index contributed by atoms with van der Waals surface area (Å²) in [6, 6.07) is 6.81. The topological polar surface area (TPSA) is 103 Å². The van der Waals surface area contributed by atoms with E-state index in [9.17, 15) is 9.59 Å². The molecular formula is C20H23N5O2S2. The molecule has 0 saturated carbocycles. The van der Waals surface area contributed by atoms with Crippen LogP contribution in [0.1, 0.15) is 40.7 Å². The number of anilines is 1. The minimum Gasteiger partial charge on any atom is -0.366 e. The normalized spacial score (nSPS) is 11.1. The highest BCUT2D eigenvalue weighted by atomic mass is 32.2. The molecule has 2 amide bonds. The Kier molecular flexibility index (Phi) is 6.39. The van der Waals surface area contributed by atoms with Crippen molar-refractivity contribution in [3.63, 3.8) is 0 Å². The number of carbonyl (C=O) groups is 2. The molecule has 152 valence electrons. The highest BCUT2D eigenvalue weighted by Crippen LogP contribution is 2.33. The first kappa shape index (κ1) is 21.1. The van der Waals surface area contributed by atoms with Crippen molar-refractivity contribution in [2.75, 3.05) is 11.1 Å². The van der Waals surface area contributed by atoms with Crippen molar-refractivity contribution in [2.24, 2.45) is 5.73 Å². The van der Waals surface area contributed by atoms with Gasteiger partial charge in [-0.2, -0.15) is 0 Å². The lowest BCUT2D eigenvalue weighted by molar-refractivity contribution is -0.113. The van der Waals surface area contributed by atoms with Gasteiger partial charge in [0, 0.05) is 21.9 Å². The van der Waals surface area contributed by atoms with E-state index in [-0.39, 0.29) is 23.3 Å². The fraction of sp³-hybridized carbons (Fsp3) is 0.300. The Morgan fingerprint density at radius 2 is 1.97 bits per heavy atom. The number of nitrogens with zero attached hydrogens (tertiary/aromatic N) is 3. The molecular weight excluding hydrogens is 406 g/mol. The number of nitrogens with two attached hydrogens (primary N) is 1. The Morgan fingerprint density at radius 3 is 2.59 bits per heavy atom. The Hall–Kier alpha value is -2.65. The molecule has 0 saturated heterocycles. The van der Waals surface area contributed by atoms with Gasteiger partial charge < -0.3 is 11.1 Å². The minimum atomic E-state index is -0.584. The van der Waals surface area contributed by atoms with E-state index < -0.39 is 5.91 Å². The number of benzene rings is 1. The van der Waals surface area contributed by atoms with E-state index in [0.29, 0.717) is 10.8 Å². The first-order chi connectivity index (χ1) is 13.8. The molecule has 2 aromatic heterocycles. The Morgan fingerprint density at radius 1 is 1.24 bits per heavy atom. The Bertz CT molecular complexity index is 1060. The molecule has 3 rings (SSSR count). The third-order valence-corrected chi connectivity index (χ3v) is 6.46. The number of aryl methyl sites for hydroxylation is 1. The number of thiophene rings is 1. The molecule has 0 spiro atoms. The third-order valence-electron chi connectivity index (χ3n) is 4.51. The summed E-state index contributed by atoms with van der Waals surface area (Å²) in [5.74, 6) is 0.119. The van der Waals surface area contributed by atoms with Gasteiger partial charge in [0.1, 0.15) is 0 Å². The third kappa shape index (κ3) is 4.51. The summed E-state index contributed by atoms with van der Waals surface area (Å²) < 4.78 is 2.05. The van der Waals surface area contributed by atoms with Crippen LogP contribution in [0.2, 0.25) is 0 Å². The van der Waals surface area contributed by atoms with Crippen LogP contribution in [0.15, 0.2) is 34.8 Å². The molecule has 29 heavy (non-hydrogen) atoms. The van der Waals surface area contributed by atoms with Gasteiger partial charge in [-0.3, -0.25) is 14.2 Å². The highest BCUT2D eigenvalue weighted by molar-refractivity contribution is 7.99. The van der Waals surface area contributed by atoms with E-state index >= 15 is 0 Å². The summed E-state index contributed by atoms with van der Waals surface area (Å²) in [5, 5.41) is 14.2. The zero-order valence-electron chi connectivity index (χ0n) is 16.7. The van der Waals surface area contributed by atoms with Crippen LogP contribution in [0.5, 0.6) is 0 Å². The second kappa shape index (κ2) is 8.79. The average molecular weight is 430 g/mol. The fourth-order valence-corrected chi connectivity index (χ4v) is 4.61. The molecule has 0 bridgehead atoms. The monoisotopic (exact) mass is 429 g/mol. The molecule has 0 aliphatic carbocycles. The molecule has 0 radical (unpaired) electrons. The zero-order valence-corrected chi connectivity index (χ0v) is 18.4. The van der Waals surface area contributed by atoms with Gasteiger partial charge in [0.15, 0.2) is 11.0 Å². The summed E-state index contributed by atoms with van der Waals surface area (Å²) in [5.41, 5.74) is 8.31. The van der Waals surface area contributed by atoms with Crippen molar-refractivity contribution in [1.82, 2.24) is 14.8 Å². The van der Waals surface area contributed by atoms with Gasteiger partial charge >= 0.3 is 0 Å². The van der Waals surface area contributed by atoms with Gasteiger partial charge in [-0.05, 0) is 45.4 Å². The van der Waals surface area contributed by atoms with E-state index in [0.717, 1.165) is 11.4 Å². The molecule has 1 aromatic carbocycles. The maximum Gasteiger partial charge on any atom is 0.250 e. The van der Waals surface area contributed by atoms with Crippen LogP contribution in [0, 0.1) is 13.8 Å². The number of nitrogens with one attached hydrogen (secondary N) is 1. The molecule has 0 aliphatic heterocycles. The van der Waals surface area contributed by atoms with Gasteiger partial charge in [0.2, 0.25) is 5.91 Å². The van der Waals surface area contributed by atoms with Gasteiger partial charge in [0.05, 0.1) is 17.0 Å². The summed E-state index contributed by atoms with van der Waals surface area (Å²) in [6.45, 7) is 8.30. The van der Waals surface area contributed by atoms with Crippen molar-refractivity contribution < 1.29 is 9.59 Å². The van der Waals surface area contributed by atoms with E-state index in [2.05, 4.69) is 48.6 Å². The first-order valence-electron chi connectivity index (χ1n) is 9.11. The lowest BCUT2D eigenvalue weighted by Crippen LogP contribution is -2.19. The van der Waals surface area contributed by atoms with Crippen molar-refractivity contribution in [2.45, 2.75) is 38.9 Å². The number of thioether (sulfide) groups is 1. The van der Waals surface area contributed by atoms with E-state index in [4.69, 9.17) is 5.73 Å². The van der Waals surface area contributed by atoms with Crippen LogP contribution in [0.4, 0.5) is 5.69 Å². The SMILES string of the molecule is Cc1scc(-c2nnc(SCC(=O)Nc3ccccc3C(N)=O)n2C(C)C)c1C. The quantitative estimate of drug-likeness (QED) is 0.552. The van der Waals surface area contributed by atoms with Crippen LogP contribution in [0.25, 0.3) is 11.4 Å². The van der Waals surface area contributed by atoms with Crippen LogP contribution in [-0.4, -0.2) is 32.3 Å². The lowest BCUT2D eigenvalue weighted by atomic mass is 10.1. The second-order valence-electron chi connectivity index (χ2n) is 6.85. The second-order valence-corrected chi connectivity index (χ2v) is 8.87. The summed E-state index contributed by atoms with van der Waals surface area (Å²) in [6.07, 6.45) is 0. The van der Waals surface area contributed by atoms with Crippen molar-refractivity contribution >= 4 is 40.6 Å². The van der Waals surface area contributed by atoms with E-state index in [1.165, 1.54) is 22.2 Å². The number of hydrogen-bond donors (Lipinski definition) is 2. The Balaban J connectivity index is 1.77. The van der Waals surface area contributed by atoms with Gasteiger partial charge in [-0.15, -0.1) is 21.5 Å². The molecule has 2 heterocycles. The lowest BCUT2D eigenvalue weighted by Gasteiger charge is -2.14. The van der Waals surface area contributed by atoms with Crippen LogP contribution in [-0.2, 0) is 4.79 Å². The van der Waals surface area contributed by atoms with Crippen LogP contribution < -0.4 is 11.1 Å². The molecule has 3 N–H and O–H groups in total. The average Bonchev–Trinajstić information content (AvgIpc) is 3.24. The standard InChI is InChI=1S/C20H23N5O2S2/c1-11(2)25-19(15-9-28-13(4)12(15)3)23-24-20(25)29-10-17(26)22-16-8-6-5-7-14(16)18(21)27/h5-9,11H,10H2,1-4H3,(H2,21,27)(H,22,26). The van der Waals surface area contributed by atoms with Crippen LogP contribution in [0.3, 0.4) is 0 Å². The minimum absolute atomic E-state index is 0.138. The van der Waals surface area contributed by atoms with Gasteiger partial charge in [-0.1, -0.05) is 23.9 Å². The number of primary amides is 1. The van der Waals surface area contributed by atoms with Crippen molar-refractivity contribution in [1.29, 1.82) is 0 Å². The summed E-state index contributed by atoms with van der Waals surface area (Å²) in [4.78, 5) is 25.2. The molecule has 0 aliphatic rings. The number of amides is 2. The molecule has 0 fully saturated rings. The predicted molar refractivity (Wildman–Crippen MR) is 118 cm³/mol. The summed E-state index contributed by atoms with van der Waals surface area (Å²) >= 11 is 3.00. The fourth-order valence-electron chi connectivity index (χ4n) is 2.88. The predicted octanol–water partition coefficient (Wildman–Crippen LogP) is 4.03. The highest BCUT2D eigenvalue weighted by Gasteiger charge is 2.20. The van der Waals surface area contributed by atoms with Gasteiger partial charge in [0.25, 0.3) is 5.91 Å². The maximum atomic E-state index is 12.4. The van der Waals surface area contributed by atoms with Crippen LogP contribution >= 0.6 is 23.1 Å². The number of para-hydroxylation sites is 1. The number of hydrogen-bond acceptors (Lipinski definition) is 6. The molecule has 7 nitrogen and oxygen atoms in total. The smallest absolute Gasteiger partial charge is 0.250 e. The Labute approximate surface area is 177 Å². The molecule has 0 unspecified atom stereocenters. The number of aromatic nitrogens is 3. The molecule has 3 aromatic rings. The number of carbonyl (C=O) groups excluding carboxylic acids is 2. The number of rotatable bonds is 7. The first-order valence-corrected chi connectivity index (χ1v) is 11.0. The van der Waals surface area contributed by atoms with Crippen molar-refractivity contribution in [3.05, 3.63) is 45.6 Å². The molecule has 0 atom stereocenters. The largest absolute Gasteiger partial charge is 0.366 e. The zero-order chi connectivity index (χ0) is 21.1. The van der Waals surface area contributed by atoms with Gasteiger partial charge in [-0.25, -0.2) is 0 Å². The van der Waals surface area contributed by atoms with Crippen molar-refractivity contribution in [3.8, 4) is 11.4 Å².